The third-order valence-corrected chi connectivity index (χ3v) is 4.17. The molecule has 0 atom stereocenters. The van der Waals surface area contributed by atoms with Gasteiger partial charge in [-0.2, -0.15) is 0 Å². The highest BCUT2D eigenvalue weighted by Gasteiger charge is 2.19. The van der Waals surface area contributed by atoms with Crippen molar-refractivity contribution in [3.05, 3.63) is 54.1 Å². The first kappa shape index (κ1) is 17.3. The van der Waals surface area contributed by atoms with Crippen molar-refractivity contribution in [1.29, 1.82) is 0 Å². The fraction of sp³-hybridized carbons (Fsp3) is 0.350. The monoisotopic (exact) mass is 340 g/mol. The lowest BCUT2D eigenvalue weighted by Crippen LogP contribution is -2.42. The molecule has 2 N–H and O–H groups in total. The van der Waals surface area contributed by atoms with Crippen molar-refractivity contribution < 1.29 is 14.3 Å². The molecule has 3 rings (SSSR count). The Hall–Kier alpha value is -2.53. The fourth-order valence-electron chi connectivity index (χ4n) is 2.90. The Balaban J connectivity index is 1.78. The van der Waals surface area contributed by atoms with E-state index in [9.17, 15) is 4.79 Å². The van der Waals surface area contributed by atoms with Gasteiger partial charge in [-0.1, -0.05) is 24.3 Å². The minimum Gasteiger partial charge on any atom is -0.490 e. The maximum Gasteiger partial charge on any atom is 0.255 e. The minimum absolute atomic E-state index is 0.101. The van der Waals surface area contributed by atoms with Crippen LogP contribution in [0.15, 0.2) is 48.5 Å². The second-order valence-electron chi connectivity index (χ2n) is 5.98. The van der Waals surface area contributed by atoms with Crippen LogP contribution in [-0.4, -0.2) is 31.6 Å². The first-order valence-corrected chi connectivity index (χ1v) is 8.78. The van der Waals surface area contributed by atoms with Gasteiger partial charge in [0.25, 0.3) is 5.91 Å². The van der Waals surface area contributed by atoms with Crippen LogP contribution in [-0.2, 0) is 0 Å². The highest BCUT2D eigenvalue weighted by atomic mass is 16.5. The first-order chi connectivity index (χ1) is 12.3. The molecule has 0 aromatic heterocycles. The number of para-hydroxylation sites is 3. The van der Waals surface area contributed by atoms with E-state index in [0.717, 1.165) is 25.9 Å². The molecule has 0 aliphatic carbocycles. The van der Waals surface area contributed by atoms with Gasteiger partial charge in [0.15, 0.2) is 11.5 Å². The van der Waals surface area contributed by atoms with Crippen LogP contribution < -0.4 is 20.1 Å². The molecule has 132 valence electrons. The summed E-state index contributed by atoms with van der Waals surface area (Å²) in [7, 11) is 0. The van der Waals surface area contributed by atoms with Gasteiger partial charge in [0.05, 0.1) is 12.2 Å². The van der Waals surface area contributed by atoms with Gasteiger partial charge in [-0.3, -0.25) is 4.79 Å². The summed E-state index contributed by atoms with van der Waals surface area (Å²) in [5.74, 6) is 1.70. The van der Waals surface area contributed by atoms with Crippen molar-refractivity contribution in [1.82, 2.24) is 10.6 Å². The van der Waals surface area contributed by atoms with Crippen LogP contribution in [0.5, 0.6) is 17.2 Å². The number of amides is 1. The quantitative estimate of drug-likeness (QED) is 0.846. The summed E-state index contributed by atoms with van der Waals surface area (Å²) in [6.07, 6.45) is 1.89. The molecule has 25 heavy (non-hydrogen) atoms. The molecule has 0 bridgehead atoms. The summed E-state index contributed by atoms with van der Waals surface area (Å²) >= 11 is 0. The molecule has 1 aliphatic rings. The van der Waals surface area contributed by atoms with Crippen LogP contribution in [0.2, 0.25) is 0 Å². The Kier molecular flexibility index (Phi) is 5.90. The van der Waals surface area contributed by atoms with E-state index in [4.69, 9.17) is 9.47 Å². The lowest BCUT2D eigenvalue weighted by molar-refractivity contribution is 0.0927. The molecule has 1 saturated heterocycles. The van der Waals surface area contributed by atoms with Crippen LogP contribution in [0, 0.1) is 0 Å². The third-order valence-electron chi connectivity index (χ3n) is 4.17. The lowest BCUT2D eigenvalue weighted by atomic mass is 10.1. The van der Waals surface area contributed by atoms with Gasteiger partial charge in [0.2, 0.25) is 0 Å². The molecule has 5 heteroatoms. The van der Waals surface area contributed by atoms with Gasteiger partial charge in [0, 0.05) is 6.04 Å². The second-order valence-corrected chi connectivity index (χ2v) is 5.98. The minimum atomic E-state index is -0.101. The number of carbonyl (C=O) groups is 1. The molecule has 0 unspecified atom stereocenters. The number of hydrogen-bond donors (Lipinski definition) is 2. The van der Waals surface area contributed by atoms with Crippen molar-refractivity contribution in [3.8, 4) is 17.2 Å². The van der Waals surface area contributed by atoms with Gasteiger partial charge in [-0.05, 0) is 57.1 Å². The van der Waals surface area contributed by atoms with Gasteiger partial charge in [-0.25, -0.2) is 0 Å². The Labute approximate surface area is 148 Å². The van der Waals surface area contributed by atoms with Crippen LogP contribution >= 0.6 is 0 Å². The molecule has 1 amide bonds. The molecule has 2 aromatic rings. The fourth-order valence-corrected chi connectivity index (χ4v) is 2.90. The van der Waals surface area contributed by atoms with Gasteiger partial charge in [-0.15, -0.1) is 0 Å². The third kappa shape index (κ3) is 4.51. The number of benzene rings is 2. The summed E-state index contributed by atoms with van der Waals surface area (Å²) in [5.41, 5.74) is 0.535. The number of hydrogen-bond acceptors (Lipinski definition) is 4. The molecular formula is C20H24N2O3. The van der Waals surface area contributed by atoms with E-state index in [2.05, 4.69) is 10.6 Å². The average molecular weight is 340 g/mol. The van der Waals surface area contributed by atoms with Gasteiger partial charge < -0.3 is 20.1 Å². The van der Waals surface area contributed by atoms with Crippen molar-refractivity contribution in [2.45, 2.75) is 25.8 Å². The van der Waals surface area contributed by atoms with Crippen LogP contribution in [0.25, 0.3) is 0 Å². The van der Waals surface area contributed by atoms with Crippen LogP contribution in [0.3, 0.4) is 0 Å². The zero-order valence-corrected chi connectivity index (χ0v) is 14.5. The molecular weight excluding hydrogens is 316 g/mol. The standard InChI is InChI=1S/C20H24N2O3/c1-2-24-18-9-5-6-10-19(18)25-17-8-4-3-7-16(17)20(23)22-15-11-13-21-14-12-15/h3-10,15,21H,2,11-14H2,1H3,(H,22,23). The topological polar surface area (TPSA) is 59.6 Å². The van der Waals surface area contributed by atoms with Gasteiger partial charge >= 0.3 is 0 Å². The van der Waals surface area contributed by atoms with Crippen LogP contribution in [0.1, 0.15) is 30.1 Å². The molecule has 1 fully saturated rings. The maximum absolute atomic E-state index is 12.7. The van der Waals surface area contributed by atoms with Gasteiger partial charge in [0.1, 0.15) is 5.75 Å². The number of nitrogens with one attached hydrogen (secondary N) is 2. The van der Waals surface area contributed by atoms with E-state index in [-0.39, 0.29) is 11.9 Å². The van der Waals surface area contributed by atoms with E-state index in [1.807, 2.05) is 43.3 Å². The highest BCUT2D eigenvalue weighted by molar-refractivity contribution is 5.97. The zero-order valence-electron chi connectivity index (χ0n) is 14.5. The number of carbonyl (C=O) groups excluding carboxylic acids is 1. The van der Waals surface area contributed by atoms with Crippen LogP contribution in [0.4, 0.5) is 0 Å². The van der Waals surface area contributed by atoms with E-state index in [1.165, 1.54) is 0 Å². The highest BCUT2D eigenvalue weighted by Crippen LogP contribution is 2.33. The number of ether oxygens (including phenoxy) is 2. The maximum atomic E-state index is 12.7. The van der Waals surface area contributed by atoms with E-state index in [0.29, 0.717) is 29.4 Å². The summed E-state index contributed by atoms with van der Waals surface area (Å²) < 4.78 is 11.6. The molecule has 1 heterocycles. The summed E-state index contributed by atoms with van der Waals surface area (Å²) in [6.45, 7) is 4.35. The Bertz CT molecular complexity index is 712. The van der Waals surface area contributed by atoms with Crippen molar-refractivity contribution >= 4 is 5.91 Å². The van der Waals surface area contributed by atoms with E-state index < -0.39 is 0 Å². The zero-order chi connectivity index (χ0) is 17.5. The second kappa shape index (κ2) is 8.53. The molecule has 2 aromatic carbocycles. The largest absolute Gasteiger partial charge is 0.490 e. The first-order valence-electron chi connectivity index (χ1n) is 8.78. The summed E-state index contributed by atoms with van der Waals surface area (Å²) in [4.78, 5) is 12.7. The molecule has 5 nitrogen and oxygen atoms in total. The predicted octanol–water partition coefficient (Wildman–Crippen LogP) is 3.36. The number of rotatable bonds is 6. The lowest BCUT2D eigenvalue weighted by Gasteiger charge is -2.24. The van der Waals surface area contributed by atoms with Crippen molar-refractivity contribution in [2.24, 2.45) is 0 Å². The number of piperidine rings is 1. The molecule has 1 aliphatic heterocycles. The SMILES string of the molecule is CCOc1ccccc1Oc1ccccc1C(=O)NC1CCNCC1. The smallest absolute Gasteiger partial charge is 0.255 e. The van der Waals surface area contributed by atoms with Crippen molar-refractivity contribution in [2.75, 3.05) is 19.7 Å². The Morgan fingerprint density at radius 1 is 1.04 bits per heavy atom. The predicted molar refractivity (Wildman–Crippen MR) is 97.5 cm³/mol. The Morgan fingerprint density at radius 3 is 2.40 bits per heavy atom. The Morgan fingerprint density at radius 2 is 1.68 bits per heavy atom. The molecule has 0 spiro atoms. The van der Waals surface area contributed by atoms with Crippen molar-refractivity contribution in [3.63, 3.8) is 0 Å². The van der Waals surface area contributed by atoms with E-state index in [1.54, 1.807) is 12.1 Å². The molecule has 0 radical (unpaired) electrons. The average Bonchev–Trinajstić information content (AvgIpc) is 2.65. The summed E-state index contributed by atoms with van der Waals surface area (Å²) in [6, 6.07) is 15.0. The summed E-state index contributed by atoms with van der Waals surface area (Å²) in [5, 5.41) is 6.41. The molecule has 0 saturated carbocycles. The van der Waals surface area contributed by atoms with E-state index >= 15 is 0 Å². The normalized spacial score (nSPS) is 14.8.